The fraction of sp³-hybridized carbons (Fsp3) is 0.333. The number of thiophene rings is 1. The summed E-state index contributed by atoms with van der Waals surface area (Å²) < 4.78 is 17.3. The van der Waals surface area contributed by atoms with Gasteiger partial charge in [-0.25, -0.2) is 4.79 Å². The molecular formula is C21H23N3O6S. The molecule has 0 saturated carbocycles. The van der Waals surface area contributed by atoms with Crippen molar-refractivity contribution in [1.82, 2.24) is 9.78 Å². The van der Waals surface area contributed by atoms with Gasteiger partial charge in [0.05, 0.1) is 25.0 Å². The van der Waals surface area contributed by atoms with Crippen molar-refractivity contribution in [3.63, 3.8) is 0 Å². The average Bonchev–Trinajstić information content (AvgIpc) is 3.44. The van der Waals surface area contributed by atoms with E-state index in [0.717, 1.165) is 28.3 Å². The van der Waals surface area contributed by atoms with Gasteiger partial charge in [-0.05, 0) is 32.9 Å². The van der Waals surface area contributed by atoms with Gasteiger partial charge in [0.15, 0.2) is 6.61 Å². The first-order valence-corrected chi connectivity index (χ1v) is 10.5. The predicted molar refractivity (Wildman–Crippen MR) is 114 cm³/mol. The normalized spacial score (nSPS) is 10.7. The summed E-state index contributed by atoms with van der Waals surface area (Å²) in [6.45, 7) is 5.07. The number of aryl methyl sites for hydroxylation is 2. The number of furan rings is 1. The molecule has 0 aliphatic rings. The maximum absolute atomic E-state index is 12.5. The number of carbonyl (C=O) groups excluding carboxylic acids is 3. The molecule has 0 spiro atoms. The van der Waals surface area contributed by atoms with Gasteiger partial charge in [0.1, 0.15) is 16.3 Å². The van der Waals surface area contributed by atoms with E-state index in [2.05, 4.69) is 10.4 Å². The molecule has 10 heteroatoms. The van der Waals surface area contributed by atoms with E-state index in [1.807, 2.05) is 13.8 Å². The van der Waals surface area contributed by atoms with E-state index >= 15 is 0 Å². The SMILES string of the molecule is CCOC(=O)c1c(-c2ccco2)csc1NC(=O)COC(=O)Cc1c(C)nn(C)c1C. The number of nitrogens with one attached hydrogen (secondary N) is 1. The maximum Gasteiger partial charge on any atom is 0.341 e. The first-order valence-electron chi connectivity index (χ1n) is 9.58. The highest BCUT2D eigenvalue weighted by Crippen LogP contribution is 2.36. The number of aromatic nitrogens is 2. The van der Waals surface area contributed by atoms with Gasteiger partial charge < -0.3 is 19.2 Å². The van der Waals surface area contributed by atoms with E-state index < -0.39 is 24.5 Å². The largest absolute Gasteiger partial charge is 0.464 e. The lowest BCUT2D eigenvalue weighted by atomic mass is 10.1. The first kappa shape index (κ1) is 22.3. The number of hydrogen-bond donors (Lipinski definition) is 1. The van der Waals surface area contributed by atoms with Crippen LogP contribution >= 0.6 is 11.3 Å². The fourth-order valence-electron chi connectivity index (χ4n) is 3.05. The lowest BCUT2D eigenvalue weighted by Crippen LogP contribution is -2.22. The molecule has 164 valence electrons. The van der Waals surface area contributed by atoms with Crippen LogP contribution in [0.25, 0.3) is 11.3 Å². The van der Waals surface area contributed by atoms with Crippen molar-refractivity contribution in [2.75, 3.05) is 18.5 Å². The van der Waals surface area contributed by atoms with Crippen LogP contribution in [0, 0.1) is 13.8 Å². The molecule has 0 aliphatic heterocycles. The van der Waals surface area contributed by atoms with Crippen molar-refractivity contribution in [2.45, 2.75) is 27.2 Å². The van der Waals surface area contributed by atoms with Gasteiger partial charge in [-0.3, -0.25) is 14.3 Å². The van der Waals surface area contributed by atoms with Crippen LogP contribution in [0.1, 0.15) is 34.2 Å². The zero-order valence-corrected chi connectivity index (χ0v) is 18.5. The highest BCUT2D eigenvalue weighted by molar-refractivity contribution is 7.15. The molecular weight excluding hydrogens is 422 g/mol. The molecule has 0 bridgehead atoms. The summed E-state index contributed by atoms with van der Waals surface area (Å²) in [7, 11) is 1.80. The highest BCUT2D eigenvalue weighted by atomic mass is 32.1. The molecule has 0 atom stereocenters. The monoisotopic (exact) mass is 445 g/mol. The molecule has 0 aromatic carbocycles. The maximum atomic E-state index is 12.5. The number of amides is 1. The quantitative estimate of drug-likeness (QED) is 0.530. The van der Waals surface area contributed by atoms with Crippen LogP contribution in [-0.2, 0) is 32.5 Å². The smallest absolute Gasteiger partial charge is 0.341 e. The minimum atomic E-state index is -0.579. The first-order chi connectivity index (χ1) is 14.8. The fourth-order valence-corrected chi connectivity index (χ4v) is 4.00. The molecule has 3 heterocycles. The number of anilines is 1. The lowest BCUT2D eigenvalue weighted by molar-refractivity contribution is -0.146. The van der Waals surface area contributed by atoms with E-state index in [9.17, 15) is 14.4 Å². The zero-order chi connectivity index (χ0) is 22.5. The van der Waals surface area contributed by atoms with Crippen molar-refractivity contribution in [2.24, 2.45) is 7.05 Å². The Hall–Kier alpha value is -3.40. The second kappa shape index (κ2) is 9.61. The molecule has 3 aromatic heterocycles. The van der Waals surface area contributed by atoms with E-state index in [4.69, 9.17) is 13.9 Å². The Morgan fingerprint density at radius 1 is 1.26 bits per heavy atom. The predicted octanol–water partition coefficient (Wildman–Crippen LogP) is 3.26. The molecule has 0 unspecified atom stereocenters. The van der Waals surface area contributed by atoms with E-state index in [-0.39, 0.29) is 18.6 Å². The van der Waals surface area contributed by atoms with Crippen molar-refractivity contribution < 1.29 is 28.3 Å². The van der Waals surface area contributed by atoms with Gasteiger partial charge in [-0.2, -0.15) is 5.10 Å². The number of ether oxygens (including phenoxy) is 2. The topological polar surface area (TPSA) is 113 Å². The zero-order valence-electron chi connectivity index (χ0n) is 17.7. The Kier molecular flexibility index (Phi) is 6.91. The third-order valence-electron chi connectivity index (χ3n) is 4.65. The molecule has 9 nitrogen and oxygen atoms in total. The molecule has 0 fully saturated rings. The summed E-state index contributed by atoms with van der Waals surface area (Å²) in [5, 5.41) is 8.87. The minimum Gasteiger partial charge on any atom is -0.464 e. The van der Waals surface area contributed by atoms with Crippen LogP contribution in [0.4, 0.5) is 5.00 Å². The molecule has 31 heavy (non-hydrogen) atoms. The third-order valence-corrected chi connectivity index (χ3v) is 5.55. The Morgan fingerprint density at radius 3 is 2.65 bits per heavy atom. The van der Waals surface area contributed by atoms with E-state index in [0.29, 0.717) is 16.3 Å². The Labute approximate surface area is 182 Å². The number of nitrogens with zero attached hydrogens (tertiary/aromatic N) is 2. The van der Waals surface area contributed by atoms with Crippen LogP contribution in [0.2, 0.25) is 0 Å². The van der Waals surface area contributed by atoms with Gasteiger partial charge in [0, 0.05) is 29.2 Å². The summed E-state index contributed by atoms with van der Waals surface area (Å²) in [4.78, 5) is 37.0. The molecule has 0 aliphatic carbocycles. The molecule has 0 radical (unpaired) electrons. The molecule has 1 N–H and O–H groups in total. The lowest BCUT2D eigenvalue weighted by Gasteiger charge is -2.08. The molecule has 3 aromatic rings. The van der Waals surface area contributed by atoms with E-state index in [1.54, 1.807) is 36.2 Å². The Morgan fingerprint density at radius 2 is 2.03 bits per heavy atom. The molecule has 1 amide bonds. The number of rotatable bonds is 8. The molecule has 3 rings (SSSR count). The standard InChI is InChI=1S/C21H23N3O6S/c1-5-28-21(27)19-15(16-7-6-8-29-16)11-31-20(19)22-17(25)10-30-18(26)9-14-12(2)23-24(4)13(14)3/h6-8,11H,5,9-10H2,1-4H3,(H,22,25). The summed E-state index contributed by atoms with van der Waals surface area (Å²) in [5.41, 5.74) is 3.09. The van der Waals surface area contributed by atoms with Gasteiger partial charge in [-0.15, -0.1) is 11.3 Å². The second-order valence-electron chi connectivity index (χ2n) is 6.71. The van der Waals surface area contributed by atoms with Crippen LogP contribution in [-0.4, -0.2) is 40.8 Å². The van der Waals surface area contributed by atoms with Crippen LogP contribution in [0.3, 0.4) is 0 Å². The van der Waals surface area contributed by atoms with Crippen LogP contribution < -0.4 is 5.32 Å². The van der Waals surface area contributed by atoms with Crippen LogP contribution in [0.15, 0.2) is 28.2 Å². The summed E-state index contributed by atoms with van der Waals surface area (Å²) in [5.74, 6) is -1.20. The number of esters is 2. The summed E-state index contributed by atoms with van der Waals surface area (Å²) in [6.07, 6.45) is 1.51. The van der Waals surface area contributed by atoms with Crippen molar-refractivity contribution in [3.05, 3.63) is 46.3 Å². The number of carbonyl (C=O) groups is 3. The van der Waals surface area contributed by atoms with Gasteiger partial charge in [-0.1, -0.05) is 0 Å². The average molecular weight is 445 g/mol. The van der Waals surface area contributed by atoms with Crippen molar-refractivity contribution in [1.29, 1.82) is 0 Å². The van der Waals surface area contributed by atoms with Gasteiger partial charge in [0.2, 0.25) is 0 Å². The van der Waals surface area contributed by atoms with E-state index in [1.165, 1.54) is 6.26 Å². The third kappa shape index (κ3) is 5.02. The Balaban J connectivity index is 1.66. The van der Waals surface area contributed by atoms with Gasteiger partial charge >= 0.3 is 11.9 Å². The Bertz CT molecular complexity index is 1100. The van der Waals surface area contributed by atoms with Gasteiger partial charge in [0.25, 0.3) is 5.91 Å². The van der Waals surface area contributed by atoms with Crippen LogP contribution in [0.5, 0.6) is 0 Å². The minimum absolute atomic E-state index is 0.0223. The summed E-state index contributed by atoms with van der Waals surface area (Å²) in [6, 6.07) is 3.41. The second-order valence-corrected chi connectivity index (χ2v) is 7.59. The molecule has 0 saturated heterocycles. The summed E-state index contributed by atoms with van der Waals surface area (Å²) >= 11 is 1.16. The van der Waals surface area contributed by atoms with Crippen molar-refractivity contribution >= 4 is 34.2 Å². The highest BCUT2D eigenvalue weighted by Gasteiger charge is 2.24. The van der Waals surface area contributed by atoms with Crippen molar-refractivity contribution in [3.8, 4) is 11.3 Å². The number of hydrogen-bond acceptors (Lipinski definition) is 8.